The second-order valence-electron chi connectivity index (χ2n) is 1.42. The van der Waals surface area contributed by atoms with Crippen LogP contribution in [0.2, 0.25) is 0 Å². The zero-order valence-corrected chi connectivity index (χ0v) is 5.24. The molecule has 9 heavy (non-hydrogen) atoms. The predicted octanol–water partition coefficient (Wildman–Crippen LogP) is -1.05. The van der Waals surface area contributed by atoms with Gasteiger partial charge in [-0.2, -0.15) is 0 Å². The van der Waals surface area contributed by atoms with Crippen molar-refractivity contribution < 1.29 is 15.0 Å². The van der Waals surface area contributed by atoms with Crippen molar-refractivity contribution in [3.8, 4) is 0 Å². The van der Waals surface area contributed by atoms with E-state index in [-0.39, 0.29) is 6.10 Å². The van der Waals surface area contributed by atoms with Gasteiger partial charge < -0.3 is 21.7 Å². The molecule has 0 aromatic carbocycles. The normalized spacial score (nSPS) is 11.0. The van der Waals surface area contributed by atoms with E-state index >= 15 is 0 Å². The van der Waals surface area contributed by atoms with Crippen molar-refractivity contribution in [3.63, 3.8) is 0 Å². The van der Waals surface area contributed by atoms with E-state index in [2.05, 4.69) is 5.73 Å². The van der Waals surface area contributed by atoms with E-state index in [1.807, 2.05) is 0 Å². The molecule has 5 nitrogen and oxygen atoms in total. The third-order valence-electron chi connectivity index (χ3n) is 0.341. The summed E-state index contributed by atoms with van der Waals surface area (Å²) in [5.74, 6) is 0. The van der Waals surface area contributed by atoms with Gasteiger partial charge in [-0.25, -0.2) is 4.79 Å². The third kappa shape index (κ3) is 137. The van der Waals surface area contributed by atoms with Crippen molar-refractivity contribution in [3.05, 3.63) is 0 Å². The molecule has 0 aromatic heterocycles. The number of aliphatic hydroxyl groups excluding tert-OH is 1. The number of aliphatic hydroxyl groups is 1. The minimum absolute atomic E-state index is 0.338. The highest BCUT2D eigenvalue weighted by molar-refractivity contribution is 5.61. The lowest BCUT2D eigenvalue weighted by Gasteiger charge is -1.91. The quantitative estimate of drug-likeness (QED) is 0.368. The first-order chi connectivity index (χ1) is 4.00. The summed E-state index contributed by atoms with van der Waals surface area (Å²) in [6.07, 6.45) is -1.67. The summed E-state index contributed by atoms with van der Waals surface area (Å²) in [7, 11) is 0. The highest BCUT2D eigenvalue weighted by Crippen LogP contribution is 1.65. The molecule has 0 heterocycles. The first kappa shape index (κ1) is 11.0. The minimum atomic E-state index is -1.33. The summed E-state index contributed by atoms with van der Waals surface area (Å²) in [6, 6.07) is 0. The van der Waals surface area contributed by atoms with Gasteiger partial charge in [-0.15, -0.1) is 0 Å². The van der Waals surface area contributed by atoms with Gasteiger partial charge in [-0.3, -0.25) is 0 Å². The monoisotopic (exact) mass is 136 g/mol. The molecule has 0 aliphatic carbocycles. The van der Waals surface area contributed by atoms with Gasteiger partial charge in [-0.1, -0.05) is 0 Å². The molecule has 0 saturated heterocycles. The fourth-order valence-corrected chi connectivity index (χ4v) is 0. The summed E-state index contributed by atoms with van der Waals surface area (Å²) >= 11 is 0. The lowest BCUT2D eigenvalue weighted by molar-refractivity contribution is 0.203. The fraction of sp³-hybridized carbons (Fsp3) is 0.750. The van der Waals surface area contributed by atoms with Crippen molar-refractivity contribution in [1.82, 2.24) is 0 Å². The Morgan fingerprint density at radius 2 is 1.89 bits per heavy atom. The van der Waals surface area contributed by atoms with E-state index in [9.17, 15) is 0 Å². The summed E-state index contributed by atoms with van der Waals surface area (Å²) in [4.78, 5) is 8.78. The van der Waals surface area contributed by atoms with Crippen LogP contribution >= 0.6 is 0 Å². The van der Waals surface area contributed by atoms with Crippen LogP contribution in [0.15, 0.2) is 0 Å². The first-order valence-corrected chi connectivity index (χ1v) is 2.37. The average Bonchev–Trinajstić information content (AvgIpc) is 1.65. The maximum Gasteiger partial charge on any atom is 0.402 e. The smallest absolute Gasteiger partial charge is 0.402 e. The molecule has 0 aliphatic heterocycles. The second kappa shape index (κ2) is 7.19. The number of hydrogen-bond acceptors (Lipinski definition) is 3. The van der Waals surface area contributed by atoms with Crippen LogP contribution in [0.4, 0.5) is 4.79 Å². The summed E-state index contributed by atoms with van der Waals surface area (Å²) in [5.41, 5.74) is 8.95. The van der Waals surface area contributed by atoms with Crippen LogP contribution in [0, 0.1) is 0 Å². The van der Waals surface area contributed by atoms with Crippen LogP contribution in [0.3, 0.4) is 0 Å². The molecule has 1 amide bonds. The Morgan fingerprint density at radius 1 is 1.78 bits per heavy atom. The van der Waals surface area contributed by atoms with Gasteiger partial charge in [0.1, 0.15) is 0 Å². The molecule has 0 fully saturated rings. The summed E-state index contributed by atoms with van der Waals surface area (Å²) in [6.45, 7) is 2.01. The summed E-state index contributed by atoms with van der Waals surface area (Å²) in [5, 5.41) is 15.4. The number of primary amides is 1. The molecule has 0 aromatic rings. The highest BCUT2D eigenvalue weighted by Gasteiger charge is 1.81. The van der Waals surface area contributed by atoms with Gasteiger partial charge in [0.25, 0.3) is 0 Å². The zero-order valence-electron chi connectivity index (χ0n) is 5.24. The van der Waals surface area contributed by atoms with Gasteiger partial charge in [0.2, 0.25) is 0 Å². The number of carboxylic acid groups (broad SMARTS) is 1. The minimum Gasteiger partial charge on any atom is -0.465 e. The molecule has 1 unspecified atom stereocenters. The second-order valence-corrected chi connectivity index (χ2v) is 1.42. The molecule has 0 saturated carbocycles. The average molecular weight is 136 g/mol. The molecule has 6 N–H and O–H groups in total. The Balaban J connectivity index is 0. The predicted molar refractivity (Wildman–Crippen MR) is 32.9 cm³/mol. The van der Waals surface area contributed by atoms with Gasteiger partial charge in [0, 0.05) is 6.54 Å². The molecule has 0 aliphatic rings. The van der Waals surface area contributed by atoms with Crippen LogP contribution in [-0.2, 0) is 0 Å². The number of rotatable bonds is 1. The fourth-order valence-electron chi connectivity index (χ4n) is 0. The molecule has 5 heteroatoms. The van der Waals surface area contributed by atoms with E-state index in [4.69, 9.17) is 20.7 Å². The van der Waals surface area contributed by atoms with Crippen molar-refractivity contribution in [2.24, 2.45) is 11.5 Å². The molecular formula is C4H12N2O3. The lowest BCUT2D eigenvalue weighted by atomic mass is 10.4. The Kier molecular flexibility index (Phi) is 8.83. The van der Waals surface area contributed by atoms with Crippen molar-refractivity contribution in [2.75, 3.05) is 6.54 Å². The van der Waals surface area contributed by atoms with Gasteiger partial charge in [0.05, 0.1) is 6.10 Å². The van der Waals surface area contributed by atoms with Gasteiger partial charge in [0.15, 0.2) is 0 Å². The van der Waals surface area contributed by atoms with Crippen molar-refractivity contribution in [2.45, 2.75) is 13.0 Å². The molecular weight excluding hydrogens is 124 g/mol. The number of nitrogens with two attached hydrogens (primary N) is 2. The van der Waals surface area contributed by atoms with Crippen LogP contribution < -0.4 is 11.5 Å². The summed E-state index contributed by atoms with van der Waals surface area (Å²) < 4.78 is 0. The molecule has 56 valence electrons. The molecule has 0 radical (unpaired) electrons. The maximum absolute atomic E-state index is 8.78. The van der Waals surface area contributed by atoms with E-state index in [0.29, 0.717) is 6.54 Å². The maximum atomic E-state index is 8.78. The molecule has 1 atom stereocenters. The van der Waals surface area contributed by atoms with Crippen molar-refractivity contribution >= 4 is 6.09 Å². The Morgan fingerprint density at radius 3 is 1.89 bits per heavy atom. The van der Waals surface area contributed by atoms with E-state index in [1.165, 1.54) is 0 Å². The van der Waals surface area contributed by atoms with Gasteiger partial charge in [-0.05, 0) is 6.92 Å². The number of hydrogen-bond donors (Lipinski definition) is 4. The Hall–Kier alpha value is -0.810. The van der Waals surface area contributed by atoms with E-state index < -0.39 is 6.09 Å². The Bertz CT molecular complexity index is 70.2. The first-order valence-electron chi connectivity index (χ1n) is 2.37. The topological polar surface area (TPSA) is 110 Å². The standard InChI is InChI=1S/C3H9NO.CH3NO2/c1-3(5)2-4;2-1(3)4/h3,5H,2,4H2,1H3;2H2,(H,3,4). The van der Waals surface area contributed by atoms with Gasteiger partial charge >= 0.3 is 6.09 Å². The number of carbonyl (C=O) groups is 1. The lowest BCUT2D eigenvalue weighted by Crippen LogP contribution is -2.14. The van der Waals surface area contributed by atoms with Crippen LogP contribution in [0.25, 0.3) is 0 Å². The largest absolute Gasteiger partial charge is 0.465 e. The molecule has 0 bridgehead atoms. The zero-order chi connectivity index (χ0) is 7.86. The van der Waals surface area contributed by atoms with Crippen LogP contribution in [0.1, 0.15) is 6.92 Å². The van der Waals surface area contributed by atoms with Crippen LogP contribution in [0.5, 0.6) is 0 Å². The van der Waals surface area contributed by atoms with E-state index in [0.717, 1.165) is 0 Å². The van der Waals surface area contributed by atoms with Crippen LogP contribution in [-0.4, -0.2) is 29.0 Å². The highest BCUT2D eigenvalue weighted by atomic mass is 16.4. The SMILES string of the molecule is CC(O)CN.NC(=O)O. The Labute approximate surface area is 53.3 Å². The number of amides is 1. The van der Waals surface area contributed by atoms with Crippen molar-refractivity contribution in [1.29, 1.82) is 0 Å². The molecule has 0 rings (SSSR count). The molecule has 0 spiro atoms. The third-order valence-corrected chi connectivity index (χ3v) is 0.341. The van der Waals surface area contributed by atoms with E-state index in [1.54, 1.807) is 6.92 Å².